The van der Waals surface area contributed by atoms with E-state index in [0.29, 0.717) is 0 Å². The van der Waals surface area contributed by atoms with Crippen LogP contribution in [0.2, 0.25) is 0 Å². The summed E-state index contributed by atoms with van der Waals surface area (Å²) < 4.78 is 0. The van der Waals surface area contributed by atoms with E-state index in [1.54, 1.807) is 0 Å². The number of rotatable bonds is 8. The fraction of sp³-hybridized carbons (Fsp3) is 0.538. The van der Waals surface area contributed by atoms with Gasteiger partial charge in [-0.1, -0.05) is 25.2 Å². The van der Waals surface area contributed by atoms with E-state index in [4.69, 9.17) is 0 Å². The molecule has 0 heteroatoms. The Hall–Kier alpha value is -0.780. The number of allylic oxidation sites excluding steroid dienone is 3. The maximum Gasteiger partial charge on any atom is -0.0322 e. The van der Waals surface area contributed by atoms with E-state index in [2.05, 4.69) is 26.7 Å². The third kappa shape index (κ3) is 5.46. The van der Waals surface area contributed by atoms with E-state index in [-0.39, 0.29) is 0 Å². The smallest absolute Gasteiger partial charge is 0.0322 e. The zero-order valence-corrected chi connectivity index (χ0v) is 8.84. The molecule has 74 valence electrons. The third-order valence-corrected chi connectivity index (χ3v) is 2.55. The Morgan fingerprint density at radius 1 is 1.00 bits per heavy atom. The predicted molar refractivity (Wildman–Crippen MR) is 61.7 cm³/mol. The monoisotopic (exact) mass is 178 g/mol. The second kappa shape index (κ2) is 7.85. The summed E-state index contributed by atoms with van der Waals surface area (Å²) in [6.45, 7) is 13.6. The Morgan fingerprint density at radius 3 is 2.08 bits per heavy atom. The minimum atomic E-state index is 0.718. The van der Waals surface area contributed by atoms with E-state index < -0.39 is 0 Å². The fourth-order valence-electron chi connectivity index (χ4n) is 1.64. The van der Waals surface area contributed by atoms with Gasteiger partial charge in [0, 0.05) is 0 Å². The summed E-state index contributed by atoms with van der Waals surface area (Å²) in [5.74, 6) is 1.46. The summed E-state index contributed by atoms with van der Waals surface area (Å²) in [6, 6.07) is 0. The summed E-state index contributed by atoms with van der Waals surface area (Å²) in [7, 11) is 0. The van der Waals surface area contributed by atoms with Crippen LogP contribution in [-0.4, -0.2) is 0 Å². The van der Waals surface area contributed by atoms with Gasteiger partial charge < -0.3 is 0 Å². The van der Waals surface area contributed by atoms with Crippen LogP contribution in [0, 0.1) is 11.8 Å². The van der Waals surface area contributed by atoms with Gasteiger partial charge in [0.1, 0.15) is 0 Å². The molecule has 0 bridgehead atoms. The van der Waals surface area contributed by atoms with Crippen LogP contribution in [-0.2, 0) is 0 Å². The molecule has 2 unspecified atom stereocenters. The van der Waals surface area contributed by atoms with Crippen molar-refractivity contribution in [3.05, 3.63) is 38.0 Å². The number of hydrogen-bond acceptors (Lipinski definition) is 0. The van der Waals surface area contributed by atoms with Gasteiger partial charge in [-0.3, -0.25) is 0 Å². The molecule has 0 fully saturated rings. The minimum absolute atomic E-state index is 0.718. The topological polar surface area (TPSA) is 0 Å². The van der Waals surface area contributed by atoms with Gasteiger partial charge in [0.2, 0.25) is 0 Å². The summed E-state index contributed by atoms with van der Waals surface area (Å²) in [4.78, 5) is 0. The van der Waals surface area contributed by atoms with Crippen LogP contribution in [0.5, 0.6) is 0 Å². The average Bonchev–Trinajstić information content (AvgIpc) is 2.12. The second-order valence-corrected chi connectivity index (χ2v) is 3.65. The lowest BCUT2D eigenvalue weighted by atomic mass is 9.85. The lowest BCUT2D eigenvalue weighted by Crippen LogP contribution is -2.10. The SMILES string of the molecule is C=CCCC(CC=C)C(C)CC=C. The molecule has 2 atom stereocenters. The third-order valence-electron chi connectivity index (χ3n) is 2.55. The Balaban J connectivity index is 3.95. The predicted octanol–water partition coefficient (Wildman–Crippen LogP) is 4.36. The highest BCUT2D eigenvalue weighted by Crippen LogP contribution is 2.24. The molecule has 0 saturated heterocycles. The summed E-state index contributed by atoms with van der Waals surface area (Å²) in [5.41, 5.74) is 0. The molecule has 0 amide bonds. The van der Waals surface area contributed by atoms with Crippen LogP contribution in [0.1, 0.15) is 32.6 Å². The molecule has 0 radical (unpaired) electrons. The van der Waals surface area contributed by atoms with E-state index in [9.17, 15) is 0 Å². The van der Waals surface area contributed by atoms with Gasteiger partial charge in [0.15, 0.2) is 0 Å². The highest BCUT2D eigenvalue weighted by molar-refractivity contribution is 4.82. The van der Waals surface area contributed by atoms with Crippen LogP contribution in [0.25, 0.3) is 0 Å². The van der Waals surface area contributed by atoms with Gasteiger partial charge in [-0.25, -0.2) is 0 Å². The molecule has 0 aromatic heterocycles. The van der Waals surface area contributed by atoms with E-state index in [1.165, 1.54) is 6.42 Å². The van der Waals surface area contributed by atoms with Crippen LogP contribution >= 0.6 is 0 Å². The van der Waals surface area contributed by atoms with Crippen molar-refractivity contribution in [1.29, 1.82) is 0 Å². The fourth-order valence-corrected chi connectivity index (χ4v) is 1.64. The molecule has 0 nitrogen and oxygen atoms in total. The lowest BCUT2D eigenvalue weighted by molar-refractivity contribution is 0.343. The quantitative estimate of drug-likeness (QED) is 0.484. The Labute approximate surface area is 83.0 Å². The van der Waals surface area contributed by atoms with Crippen LogP contribution in [0.3, 0.4) is 0 Å². The van der Waals surface area contributed by atoms with Crippen molar-refractivity contribution < 1.29 is 0 Å². The molecule has 0 spiro atoms. The van der Waals surface area contributed by atoms with E-state index in [0.717, 1.165) is 31.1 Å². The van der Waals surface area contributed by atoms with E-state index >= 15 is 0 Å². The molecule has 0 aliphatic carbocycles. The van der Waals surface area contributed by atoms with Gasteiger partial charge in [0.05, 0.1) is 0 Å². The Morgan fingerprint density at radius 2 is 1.62 bits per heavy atom. The van der Waals surface area contributed by atoms with Gasteiger partial charge >= 0.3 is 0 Å². The first-order valence-electron chi connectivity index (χ1n) is 5.08. The molecular formula is C13H22. The average molecular weight is 178 g/mol. The van der Waals surface area contributed by atoms with Gasteiger partial charge in [-0.2, -0.15) is 0 Å². The minimum Gasteiger partial charge on any atom is -0.103 e. The molecule has 0 saturated carbocycles. The molecule has 0 aromatic carbocycles. The van der Waals surface area contributed by atoms with Crippen molar-refractivity contribution in [2.45, 2.75) is 32.6 Å². The highest BCUT2D eigenvalue weighted by Gasteiger charge is 2.13. The van der Waals surface area contributed by atoms with Crippen LogP contribution in [0.15, 0.2) is 38.0 Å². The van der Waals surface area contributed by atoms with Crippen molar-refractivity contribution in [2.75, 3.05) is 0 Å². The Bertz CT molecular complexity index is 155. The molecular weight excluding hydrogens is 156 g/mol. The van der Waals surface area contributed by atoms with Crippen molar-refractivity contribution in [2.24, 2.45) is 11.8 Å². The molecule has 0 aromatic rings. The van der Waals surface area contributed by atoms with Gasteiger partial charge in [0.25, 0.3) is 0 Å². The van der Waals surface area contributed by atoms with Crippen LogP contribution < -0.4 is 0 Å². The first-order chi connectivity index (χ1) is 6.26. The second-order valence-electron chi connectivity index (χ2n) is 3.65. The summed E-state index contributed by atoms with van der Waals surface area (Å²) >= 11 is 0. The molecule has 0 rings (SSSR count). The normalized spacial score (nSPS) is 14.5. The molecule has 0 N–H and O–H groups in total. The molecule has 0 heterocycles. The van der Waals surface area contributed by atoms with Gasteiger partial charge in [-0.15, -0.1) is 19.7 Å². The first-order valence-corrected chi connectivity index (χ1v) is 5.08. The summed E-state index contributed by atoms with van der Waals surface area (Å²) in [6.07, 6.45) is 10.6. The molecule has 0 aliphatic rings. The largest absolute Gasteiger partial charge is 0.103 e. The van der Waals surface area contributed by atoms with Crippen molar-refractivity contribution in [3.63, 3.8) is 0 Å². The number of hydrogen-bond donors (Lipinski definition) is 0. The van der Waals surface area contributed by atoms with Crippen molar-refractivity contribution >= 4 is 0 Å². The maximum absolute atomic E-state index is 3.80. The molecule has 13 heavy (non-hydrogen) atoms. The van der Waals surface area contributed by atoms with E-state index in [1.807, 2.05) is 18.2 Å². The zero-order chi connectivity index (χ0) is 10.1. The first kappa shape index (κ1) is 12.2. The zero-order valence-electron chi connectivity index (χ0n) is 8.84. The van der Waals surface area contributed by atoms with Crippen LogP contribution in [0.4, 0.5) is 0 Å². The molecule has 0 aliphatic heterocycles. The standard InChI is InChI=1S/C13H22/c1-5-8-11-13(10-7-3)12(4)9-6-2/h5-7,12-13H,1-3,8-11H2,4H3. The van der Waals surface area contributed by atoms with Crippen molar-refractivity contribution in [3.8, 4) is 0 Å². The Kier molecular flexibility index (Phi) is 7.38. The lowest BCUT2D eigenvalue weighted by Gasteiger charge is -2.20. The van der Waals surface area contributed by atoms with Gasteiger partial charge in [-0.05, 0) is 37.5 Å². The van der Waals surface area contributed by atoms with Crippen molar-refractivity contribution in [1.82, 2.24) is 0 Å². The maximum atomic E-state index is 3.80. The summed E-state index contributed by atoms with van der Waals surface area (Å²) in [5, 5.41) is 0. The highest BCUT2D eigenvalue weighted by atomic mass is 14.2.